The van der Waals surface area contributed by atoms with Crippen molar-refractivity contribution in [3.8, 4) is 5.75 Å². The second-order valence-corrected chi connectivity index (χ2v) is 4.94. The monoisotopic (exact) mass is 255 g/mol. The summed E-state index contributed by atoms with van der Waals surface area (Å²) in [6.45, 7) is 2.08. The summed E-state index contributed by atoms with van der Waals surface area (Å²) in [5, 5.41) is 16.4. The molecule has 0 saturated carbocycles. The quantitative estimate of drug-likeness (QED) is 0.909. The van der Waals surface area contributed by atoms with E-state index < -0.39 is 0 Å². The number of oxime groups is 1. The standard InChI is InChI=1S/C16H17NO2/c1-2-13-10-14(19-17-13)9-12-8-7-11-5-3-4-6-15(11)16(12)18/h3-8,14,18H,2,9-10H2,1H3. The van der Waals surface area contributed by atoms with E-state index in [4.69, 9.17) is 4.84 Å². The maximum absolute atomic E-state index is 10.3. The predicted molar refractivity (Wildman–Crippen MR) is 76.5 cm³/mol. The first-order valence-electron chi connectivity index (χ1n) is 6.69. The normalized spacial score (nSPS) is 18.4. The summed E-state index contributed by atoms with van der Waals surface area (Å²) < 4.78 is 0. The van der Waals surface area contributed by atoms with Crippen LogP contribution in [0.1, 0.15) is 25.3 Å². The summed E-state index contributed by atoms with van der Waals surface area (Å²) >= 11 is 0. The van der Waals surface area contributed by atoms with Crippen molar-refractivity contribution < 1.29 is 9.94 Å². The van der Waals surface area contributed by atoms with Crippen LogP contribution < -0.4 is 0 Å². The summed E-state index contributed by atoms with van der Waals surface area (Å²) in [4.78, 5) is 5.40. The number of phenols is 1. The number of phenolic OH excluding ortho intramolecular Hbond substituents is 1. The Bertz CT molecular complexity index is 634. The lowest BCUT2D eigenvalue weighted by Gasteiger charge is -2.11. The molecule has 3 rings (SSSR count). The summed E-state index contributed by atoms with van der Waals surface area (Å²) in [6, 6.07) is 11.9. The van der Waals surface area contributed by atoms with Crippen molar-refractivity contribution in [2.24, 2.45) is 5.16 Å². The highest BCUT2D eigenvalue weighted by Gasteiger charge is 2.21. The Balaban J connectivity index is 1.84. The summed E-state index contributed by atoms with van der Waals surface area (Å²) in [7, 11) is 0. The molecule has 2 aromatic carbocycles. The van der Waals surface area contributed by atoms with Gasteiger partial charge < -0.3 is 9.94 Å². The number of hydrogen-bond acceptors (Lipinski definition) is 3. The fourth-order valence-electron chi connectivity index (χ4n) is 2.52. The van der Waals surface area contributed by atoms with Gasteiger partial charge >= 0.3 is 0 Å². The molecular weight excluding hydrogens is 238 g/mol. The Kier molecular flexibility index (Phi) is 3.11. The predicted octanol–water partition coefficient (Wildman–Crippen LogP) is 3.64. The molecule has 3 nitrogen and oxygen atoms in total. The van der Waals surface area contributed by atoms with E-state index in [2.05, 4.69) is 12.1 Å². The maximum atomic E-state index is 10.3. The molecule has 1 aliphatic rings. The van der Waals surface area contributed by atoms with E-state index in [1.54, 1.807) is 0 Å². The average molecular weight is 255 g/mol. The molecule has 19 heavy (non-hydrogen) atoms. The van der Waals surface area contributed by atoms with E-state index in [0.717, 1.165) is 34.9 Å². The largest absolute Gasteiger partial charge is 0.507 e. The molecule has 0 aliphatic carbocycles. The van der Waals surface area contributed by atoms with Crippen LogP contribution in [0.4, 0.5) is 0 Å². The first-order valence-corrected chi connectivity index (χ1v) is 6.69. The van der Waals surface area contributed by atoms with E-state index in [1.807, 2.05) is 36.4 Å². The van der Waals surface area contributed by atoms with Crippen LogP contribution in [0.2, 0.25) is 0 Å². The Morgan fingerprint density at radius 3 is 2.89 bits per heavy atom. The molecule has 0 spiro atoms. The molecular formula is C16H17NO2. The zero-order valence-electron chi connectivity index (χ0n) is 11.0. The maximum Gasteiger partial charge on any atom is 0.137 e. The number of hydrogen-bond donors (Lipinski definition) is 1. The van der Waals surface area contributed by atoms with Gasteiger partial charge in [0.05, 0.1) is 5.71 Å². The first kappa shape index (κ1) is 12.0. The van der Waals surface area contributed by atoms with Gasteiger partial charge in [0.1, 0.15) is 11.9 Å². The van der Waals surface area contributed by atoms with Gasteiger partial charge in [0, 0.05) is 18.2 Å². The molecule has 0 amide bonds. The molecule has 2 aromatic rings. The van der Waals surface area contributed by atoms with E-state index in [9.17, 15) is 5.11 Å². The summed E-state index contributed by atoms with van der Waals surface area (Å²) in [6.07, 6.45) is 2.55. The molecule has 0 saturated heterocycles. The van der Waals surface area contributed by atoms with Gasteiger partial charge in [-0.1, -0.05) is 48.5 Å². The minimum Gasteiger partial charge on any atom is -0.507 e. The molecule has 3 heteroatoms. The van der Waals surface area contributed by atoms with Crippen molar-refractivity contribution >= 4 is 16.5 Å². The van der Waals surface area contributed by atoms with Crippen LogP contribution in [0.15, 0.2) is 41.6 Å². The molecule has 1 aliphatic heterocycles. The Morgan fingerprint density at radius 1 is 1.26 bits per heavy atom. The van der Waals surface area contributed by atoms with Gasteiger partial charge in [-0.25, -0.2) is 0 Å². The number of fused-ring (bicyclic) bond motifs is 1. The highest BCUT2D eigenvalue weighted by atomic mass is 16.6. The zero-order chi connectivity index (χ0) is 13.2. The second-order valence-electron chi connectivity index (χ2n) is 4.94. The first-order chi connectivity index (χ1) is 9.28. The van der Waals surface area contributed by atoms with Gasteiger partial charge in [-0.15, -0.1) is 0 Å². The Hall–Kier alpha value is -2.03. The number of nitrogens with zero attached hydrogens (tertiary/aromatic N) is 1. The molecule has 0 radical (unpaired) electrons. The van der Waals surface area contributed by atoms with Gasteiger partial charge in [-0.3, -0.25) is 0 Å². The second kappa shape index (κ2) is 4.92. The van der Waals surface area contributed by atoms with Crippen molar-refractivity contribution in [2.75, 3.05) is 0 Å². The fourth-order valence-corrected chi connectivity index (χ4v) is 2.52. The fraction of sp³-hybridized carbons (Fsp3) is 0.312. The highest BCUT2D eigenvalue weighted by molar-refractivity contribution is 5.89. The third-order valence-electron chi connectivity index (χ3n) is 3.63. The summed E-state index contributed by atoms with van der Waals surface area (Å²) in [5.74, 6) is 0.367. The number of rotatable bonds is 3. The van der Waals surface area contributed by atoms with Crippen LogP contribution in [-0.4, -0.2) is 16.9 Å². The molecule has 1 heterocycles. The number of aromatic hydroxyl groups is 1. The van der Waals surface area contributed by atoms with E-state index >= 15 is 0 Å². The van der Waals surface area contributed by atoms with Crippen molar-refractivity contribution in [3.05, 3.63) is 42.0 Å². The van der Waals surface area contributed by atoms with Crippen LogP contribution in [0, 0.1) is 0 Å². The average Bonchev–Trinajstić information content (AvgIpc) is 2.90. The van der Waals surface area contributed by atoms with E-state index in [0.29, 0.717) is 12.2 Å². The Labute approximate surface area is 112 Å². The molecule has 98 valence electrons. The molecule has 0 fully saturated rings. The van der Waals surface area contributed by atoms with Crippen LogP contribution in [-0.2, 0) is 11.3 Å². The lowest BCUT2D eigenvalue weighted by atomic mass is 9.99. The van der Waals surface area contributed by atoms with Crippen LogP contribution in [0.25, 0.3) is 10.8 Å². The smallest absolute Gasteiger partial charge is 0.137 e. The number of benzene rings is 2. The SMILES string of the molecule is CCC1=NOC(Cc2ccc3ccccc3c2O)C1. The van der Waals surface area contributed by atoms with Crippen LogP contribution in [0.5, 0.6) is 5.75 Å². The van der Waals surface area contributed by atoms with Gasteiger partial charge in [0.15, 0.2) is 0 Å². The van der Waals surface area contributed by atoms with Gasteiger partial charge in [-0.05, 0) is 17.4 Å². The third-order valence-corrected chi connectivity index (χ3v) is 3.63. The summed E-state index contributed by atoms with van der Waals surface area (Å²) in [5.41, 5.74) is 2.03. The van der Waals surface area contributed by atoms with Crippen molar-refractivity contribution in [1.82, 2.24) is 0 Å². The third kappa shape index (κ3) is 2.28. The van der Waals surface area contributed by atoms with Gasteiger partial charge in [0.25, 0.3) is 0 Å². The Morgan fingerprint density at radius 2 is 2.11 bits per heavy atom. The van der Waals surface area contributed by atoms with E-state index in [1.165, 1.54) is 0 Å². The van der Waals surface area contributed by atoms with E-state index in [-0.39, 0.29) is 6.10 Å². The zero-order valence-corrected chi connectivity index (χ0v) is 11.0. The minimum atomic E-state index is 0.0574. The van der Waals surface area contributed by atoms with Crippen LogP contribution in [0.3, 0.4) is 0 Å². The molecule has 1 N–H and O–H groups in total. The minimum absolute atomic E-state index is 0.0574. The topological polar surface area (TPSA) is 41.8 Å². The lowest BCUT2D eigenvalue weighted by molar-refractivity contribution is 0.0854. The highest BCUT2D eigenvalue weighted by Crippen LogP contribution is 2.30. The van der Waals surface area contributed by atoms with Crippen molar-refractivity contribution in [3.63, 3.8) is 0 Å². The van der Waals surface area contributed by atoms with Gasteiger partial charge in [0.2, 0.25) is 0 Å². The van der Waals surface area contributed by atoms with Crippen LogP contribution >= 0.6 is 0 Å². The van der Waals surface area contributed by atoms with Crippen molar-refractivity contribution in [2.45, 2.75) is 32.3 Å². The molecule has 1 atom stereocenters. The van der Waals surface area contributed by atoms with Gasteiger partial charge in [-0.2, -0.15) is 0 Å². The molecule has 0 aromatic heterocycles. The molecule has 1 unspecified atom stereocenters. The lowest BCUT2D eigenvalue weighted by Crippen LogP contribution is -2.11. The van der Waals surface area contributed by atoms with Crippen molar-refractivity contribution in [1.29, 1.82) is 0 Å². The molecule has 0 bridgehead atoms.